The summed E-state index contributed by atoms with van der Waals surface area (Å²) < 4.78 is 27.2. The summed E-state index contributed by atoms with van der Waals surface area (Å²) in [6, 6.07) is 0. The van der Waals surface area contributed by atoms with E-state index < -0.39 is 10.0 Å². The van der Waals surface area contributed by atoms with Crippen LogP contribution in [0.4, 0.5) is 0 Å². The van der Waals surface area contributed by atoms with Crippen LogP contribution in [-0.2, 0) is 17.1 Å². The quantitative estimate of drug-likeness (QED) is 0.809. The van der Waals surface area contributed by atoms with Crippen LogP contribution in [0.5, 0.6) is 0 Å². The highest BCUT2D eigenvalue weighted by molar-refractivity contribution is 7.89. The minimum absolute atomic E-state index is 0.0651. The number of nitrogens with zero attached hydrogens (tertiary/aromatic N) is 3. The van der Waals surface area contributed by atoms with Crippen LogP contribution in [-0.4, -0.2) is 42.4 Å². The zero-order chi connectivity index (χ0) is 13.3. The van der Waals surface area contributed by atoms with Crippen LogP contribution in [0.3, 0.4) is 0 Å². The Hall–Kier alpha value is -0.920. The molecule has 1 rings (SSSR count). The normalized spacial score (nSPS) is 13.3. The molecule has 0 bridgehead atoms. The molecule has 0 fully saturated rings. The van der Waals surface area contributed by atoms with E-state index in [1.165, 1.54) is 16.8 Å². The molecule has 0 aliphatic heterocycles. The SMILES string of the molecule is CN(CC(C)(C)CN)S(=O)(=O)c1cn(C)cn1. The summed E-state index contributed by atoms with van der Waals surface area (Å²) in [4.78, 5) is 3.87. The molecular formula is C10H20N4O2S. The highest BCUT2D eigenvalue weighted by Gasteiger charge is 2.28. The van der Waals surface area contributed by atoms with Crippen LogP contribution in [0.1, 0.15) is 13.8 Å². The predicted molar refractivity (Wildman–Crippen MR) is 65.9 cm³/mol. The first-order chi connectivity index (χ1) is 7.69. The monoisotopic (exact) mass is 260 g/mol. The summed E-state index contributed by atoms with van der Waals surface area (Å²) in [5, 5.41) is 0.0651. The van der Waals surface area contributed by atoms with Crippen molar-refractivity contribution in [2.75, 3.05) is 20.1 Å². The molecule has 0 saturated carbocycles. The van der Waals surface area contributed by atoms with Crippen LogP contribution in [0.15, 0.2) is 17.6 Å². The lowest BCUT2D eigenvalue weighted by atomic mass is 9.94. The molecule has 17 heavy (non-hydrogen) atoms. The van der Waals surface area contributed by atoms with Crippen molar-refractivity contribution in [1.82, 2.24) is 13.9 Å². The Bertz CT molecular complexity index is 478. The van der Waals surface area contributed by atoms with E-state index >= 15 is 0 Å². The fourth-order valence-electron chi connectivity index (χ4n) is 1.43. The Balaban J connectivity index is 2.92. The van der Waals surface area contributed by atoms with E-state index in [1.807, 2.05) is 13.8 Å². The van der Waals surface area contributed by atoms with Crippen molar-refractivity contribution in [3.63, 3.8) is 0 Å². The van der Waals surface area contributed by atoms with Gasteiger partial charge in [0.25, 0.3) is 10.0 Å². The van der Waals surface area contributed by atoms with Gasteiger partial charge in [0.05, 0.1) is 6.33 Å². The third-order valence-electron chi connectivity index (χ3n) is 2.56. The number of aromatic nitrogens is 2. The Morgan fingerprint density at radius 1 is 1.53 bits per heavy atom. The van der Waals surface area contributed by atoms with Gasteiger partial charge >= 0.3 is 0 Å². The number of hydrogen-bond acceptors (Lipinski definition) is 4. The summed E-state index contributed by atoms with van der Waals surface area (Å²) in [5.74, 6) is 0. The highest BCUT2D eigenvalue weighted by atomic mass is 32.2. The minimum Gasteiger partial charge on any atom is -0.339 e. The largest absolute Gasteiger partial charge is 0.339 e. The minimum atomic E-state index is -3.52. The molecule has 0 atom stereocenters. The molecule has 6 nitrogen and oxygen atoms in total. The number of nitrogens with two attached hydrogens (primary N) is 1. The second kappa shape index (κ2) is 4.75. The number of aryl methyl sites for hydroxylation is 1. The van der Waals surface area contributed by atoms with E-state index in [1.54, 1.807) is 18.7 Å². The van der Waals surface area contributed by atoms with Crippen molar-refractivity contribution in [3.05, 3.63) is 12.5 Å². The summed E-state index contributed by atoms with van der Waals surface area (Å²) in [6.07, 6.45) is 2.95. The van der Waals surface area contributed by atoms with E-state index in [9.17, 15) is 8.42 Å². The number of sulfonamides is 1. The Morgan fingerprint density at radius 3 is 2.53 bits per heavy atom. The zero-order valence-corrected chi connectivity index (χ0v) is 11.5. The van der Waals surface area contributed by atoms with Gasteiger partial charge in [-0.1, -0.05) is 13.8 Å². The molecule has 0 aliphatic rings. The first-order valence-corrected chi connectivity index (χ1v) is 6.77. The molecule has 1 heterocycles. The maximum absolute atomic E-state index is 12.1. The molecule has 1 aromatic heterocycles. The fourth-order valence-corrected chi connectivity index (χ4v) is 2.75. The molecular weight excluding hydrogens is 240 g/mol. The van der Waals surface area contributed by atoms with Crippen molar-refractivity contribution in [2.45, 2.75) is 18.9 Å². The Morgan fingerprint density at radius 2 is 2.12 bits per heavy atom. The molecule has 98 valence electrons. The lowest BCUT2D eigenvalue weighted by Gasteiger charge is -2.27. The van der Waals surface area contributed by atoms with Crippen molar-refractivity contribution in [3.8, 4) is 0 Å². The Kier molecular flexibility index (Phi) is 3.95. The fraction of sp³-hybridized carbons (Fsp3) is 0.700. The van der Waals surface area contributed by atoms with Crippen molar-refractivity contribution < 1.29 is 8.42 Å². The summed E-state index contributed by atoms with van der Waals surface area (Å²) in [7, 11) is -0.241. The standard InChI is InChI=1S/C10H20N4O2S/c1-10(2,6-11)7-14(4)17(15,16)9-5-13(3)8-12-9/h5,8H,6-7,11H2,1-4H3. The molecule has 0 saturated heterocycles. The van der Waals surface area contributed by atoms with Crippen molar-refractivity contribution >= 4 is 10.0 Å². The molecule has 0 spiro atoms. The number of rotatable bonds is 5. The van der Waals surface area contributed by atoms with Gasteiger partial charge in [-0.15, -0.1) is 0 Å². The zero-order valence-electron chi connectivity index (χ0n) is 10.7. The molecule has 0 aromatic carbocycles. The summed E-state index contributed by atoms with van der Waals surface area (Å²) in [5.41, 5.74) is 5.35. The molecule has 0 amide bonds. The van der Waals surface area contributed by atoms with Gasteiger partial charge in [0, 0.05) is 26.8 Å². The van der Waals surface area contributed by atoms with E-state index in [4.69, 9.17) is 5.73 Å². The van der Waals surface area contributed by atoms with E-state index in [2.05, 4.69) is 4.98 Å². The van der Waals surface area contributed by atoms with Gasteiger partial charge in [0.1, 0.15) is 0 Å². The van der Waals surface area contributed by atoms with E-state index in [-0.39, 0.29) is 10.4 Å². The predicted octanol–water partition coefficient (Wildman–Crippen LogP) is 0.0255. The van der Waals surface area contributed by atoms with E-state index in [0.717, 1.165) is 0 Å². The van der Waals surface area contributed by atoms with Gasteiger partial charge < -0.3 is 10.3 Å². The Labute approximate surface area is 102 Å². The van der Waals surface area contributed by atoms with Gasteiger partial charge in [-0.2, -0.15) is 4.31 Å². The lowest BCUT2D eigenvalue weighted by Crippen LogP contribution is -2.39. The molecule has 0 aliphatic carbocycles. The lowest BCUT2D eigenvalue weighted by molar-refractivity contribution is 0.291. The maximum Gasteiger partial charge on any atom is 0.261 e. The second-order valence-electron chi connectivity index (χ2n) is 5.01. The average Bonchev–Trinajstić information content (AvgIpc) is 2.64. The summed E-state index contributed by atoms with van der Waals surface area (Å²) >= 11 is 0. The van der Waals surface area contributed by atoms with Gasteiger partial charge in [-0.3, -0.25) is 0 Å². The number of hydrogen-bond donors (Lipinski definition) is 1. The van der Waals surface area contributed by atoms with Gasteiger partial charge in [0.2, 0.25) is 0 Å². The molecule has 1 aromatic rings. The van der Waals surface area contributed by atoms with Crippen LogP contribution < -0.4 is 5.73 Å². The van der Waals surface area contributed by atoms with Gasteiger partial charge in [-0.25, -0.2) is 13.4 Å². The topological polar surface area (TPSA) is 81.2 Å². The van der Waals surface area contributed by atoms with Crippen molar-refractivity contribution in [2.24, 2.45) is 18.2 Å². The average molecular weight is 260 g/mol. The highest BCUT2D eigenvalue weighted by Crippen LogP contribution is 2.19. The van der Waals surface area contributed by atoms with Crippen LogP contribution >= 0.6 is 0 Å². The van der Waals surface area contributed by atoms with Gasteiger partial charge in [-0.05, 0) is 12.0 Å². The maximum atomic E-state index is 12.1. The molecule has 0 unspecified atom stereocenters. The third kappa shape index (κ3) is 3.27. The third-order valence-corrected chi connectivity index (χ3v) is 4.25. The van der Waals surface area contributed by atoms with Crippen LogP contribution in [0, 0.1) is 5.41 Å². The van der Waals surface area contributed by atoms with Crippen LogP contribution in [0.25, 0.3) is 0 Å². The molecule has 2 N–H and O–H groups in total. The smallest absolute Gasteiger partial charge is 0.261 e. The van der Waals surface area contributed by atoms with Crippen molar-refractivity contribution in [1.29, 1.82) is 0 Å². The first kappa shape index (κ1) is 14.1. The molecule has 7 heteroatoms. The van der Waals surface area contributed by atoms with E-state index in [0.29, 0.717) is 13.1 Å². The van der Waals surface area contributed by atoms with Gasteiger partial charge in [0.15, 0.2) is 5.03 Å². The molecule has 0 radical (unpaired) electrons. The second-order valence-corrected chi connectivity index (χ2v) is 7.00. The number of imidazole rings is 1. The van der Waals surface area contributed by atoms with Crippen LogP contribution in [0.2, 0.25) is 0 Å². The summed E-state index contributed by atoms with van der Waals surface area (Å²) in [6.45, 7) is 4.65. The first-order valence-electron chi connectivity index (χ1n) is 5.33.